The molecule has 0 saturated carbocycles. The number of hydrogen-bond donors (Lipinski definition) is 0. The summed E-state index contributed by atoms with van der Waals surface area (Å²) in [5.74, 6) is -0.365. The Bertz CT molecular complexity index is 497. The van der Waals surface area contributed by atoms with Crippen molar-refractivity contribution in [1.82, 2.24) is 19.6 Å². The summed E-state index contributed by atoms with van der Waals surface area (Å²) in [6.45, 7) is 1.83. The van der Waals surface area contributed by atoms with E-state index < -0.39 is 0 Å². The van der Waals surface area contributed by atoms with Crippen molar-refractivity contribution in [1.29, 1.82) is 0 Å². The van der Waals surface area contributed by atoms with Crippen LogP contribution in [0.5, 0.6) is 0 Å². The quantitative estimate of drug-likeness (QED) is 0.607. The monoisotopic (exact) mass is 194 g/mol. The largest absolute Gasteiger partial charge is 0.465 e. The lowest BCUT2D eigenvalue weighted by molar-refractivity contribution is 0.0602. The van der Waals surface area contributed by atoms with Crippen molar-refractivity contribution in [2.45, 2.75) is 6.92 Å². The number of carbonyl (C=O) groups is 1. The minimum atomic E-state index is -0.365. The summed E-state index contributed by atoms with van der Waals surface area (Å²) in [5, 5.41) is 7.63. The molecule has 2 rings (SSSR count). The number of nitrogens with zero attached hydrogens (tertiary/aromatic N) is 4. The van der Waals surface area contributed by atoms with Crippen molar-refractivity contribution in [2.24, 2.45) is 7.05 Å². The van der Waals surface area contributed by atoms with Gasteiger partial charge in [-0.3, -0.25) is 0 Å². The molecule has 0 aliphatic heterocycles. The van der Waals surface area contributed by atoms with Crippen LogP contribution in [0.2, 0.25) is 0 Å². The van der Waals surface area contributed by atoms with Crippen molar-refractivity contribution in [3.63, 3.8) is 0 Å². The summed E-state index contributed by atoms with van der Waals surface area (Å²) in [4.78, 5) is 11.5. The van der Waals surface area contributed by atoms with E-state index >= 15 is 0 Å². The average Bonchev–Trinajstić information content (AvgIpc) is 2.65. The Labute approximate surface area is 80.0 Å². The third-order valence-electron chi connectivity index (χ3n) is 2.12. The van der Waals surface area contributed by atoms with Crippen LogP contribution >= 0.6 is 0 Å². The molecular weight excluding hydrogens is 184 g/mol. The van der Waals surface area contributed by atoms with Gasteiger partial charge in [-0.1, -0.05) is 0 Å². The number of methoxy groups -OCH3 is 1. The number of tetrazole rings is 1. The van der Waals surface area contributed by atoms with Gasteiger partial charge in [0.25, 0.3) is 0 Å². The number of fused-ring (bicyclic) bond motifs is 1. The van der Waals surface area contributed by atoms with Crippen LogP contribution in [0.25, 0.3) is 5.65 Å². The molecule has 0 atom stereocenters. The molecule has 0 aromatic carbocycles. The molecule has 0 spiro atoms. The highest BCUT2D eigenvalue weighted by Gasteiger charge is 2.19. The minimum absolute atomic E-state index is 0.365. The Morgan fingerprint density at radius 1 is 1.50 bits per heavy atom. The molecular formula is C8H10N4O2. The number of rotatable bonds is 1. The third-order valence-corrected chi connectivity index (χ3v) is 2.12. The molecule has 0 N–H and O–H groups in total. The number of carbonyl (C=O) groups excluding carboxylic acids is 1. The lowest BCUT2D eigenvalue weighted by Crippen LogP contribution is -2.04. The first kappa shape index (κ1) is 8.74. The number of aryl methyl sites for hydroxylation is 2. The van der Waals surface area contributed by atoms with E-state index in [9.17, 15) is 4.79 Å². The average molecular weight is 194 g/mol. The highest BCUT2D eigenvalue weighted by molar-refractivity contribution is 5.97. The summed E-state index contributed by atoms with van der Waals surface area (Å²) < 4.78 is 7.78. The van der Waals surface area contributed by atoms with Crippen LogP contribution in [0.4, 0.5) is 0 Å². The van der Waals surface area contributed by atoms with Gasteiger partial charge in [0.15, 0.2) is 5.65 Å². The molecule has 0 saturated heterocycles. The first-order chi connectivity index (χ1) is 6.65. The molecule has 0 bridgehead atoms. The van der Waals surface area contributed by atoms with Crippen molar-refractivity contribution < 1.29 is 9.53 Å². The van der Waals surface area contributed by atoms with E-state index in [0.29, 0.717) is 11.2 Å². The van der Waals surface area contributed by atoms with E-state index in [4.69, 9.17) is 0 Å². The van der Waals surface area contributed by atoms with Crippen LogP contribution in [0.3, 0.4) is 0 Å². The maximum Gasteiger partial charge on any atom is 0.342 e. The van der Waals surface area contributed by atoms with Gasteiger partial charge in [0.1, 0.15) is 5.56 Å². The predicted octanol–water partition coefficient (Wildman–Crippen LogP) is 0.163. The van der Waals surface area contributed by atoms with Crippen LogP contribution in [-0.2, 0) is 11.8 Å². The number of esters is 1. The molecule has 14 heavy (non-hydrogen) atoms. The molecule has 0 fully saturated rings. The smallest absolute Gasteiger partial charge is 0.342 e. The third kappa shape index (κ3) is 1.00. The van der Waals surface area contributed by atoms with Gasteiger partial charge in [-0.05, 0) is 22.9 Å². The summed E-state index contributed by atoms with van der Waals surface area (Å²) in [7, 11) is 3.09. The first-order valence-electron chi connectivity index (χ1n) is 4.11. The van der Waals surface area contributed by atoms with Crippen LogP contribution in [0.15, 0.2) is 6.20 Å². The van der Waals surface area contributed by atoms with Crippen molar-refractivity contribution >= 4 is 11.6 Å². The Hall–Kier alpha value is -1.85. The molecule has 74 valence electrons. The zero-order valence-electron chi connectivity index (χ0n) is 8.18. The Kier molecular flexibility index (Phi) is 1.77. The van der Waals surface area contributed by atoms with Crippen LogP contribution in [0, 0.1) is 6.92 Å². The number of hydrogen-bond acceptors (Lipinski definition) is 4. The van der Waals surface area contributed by atoms with Gasteiger partial charge in [-0.25, -0.2) is 14.0 Å². The van der Waals surface area contributed by atoms with E-state index in [1.165, 1.54) is 7.11 Å². The molecule has 0 aliphatic carbocycles. The summed E-state index contributed by atoms with van der Waals surface area (Å²) in [5.41, 5.74) is 1.99. The van der Waals surface area contributed by atoms with Gasteiger partial charge in [0.2, 0.25) is 0 Å². The lowest BCUT2D eigenvalue weighted by Gasteiger charge is -1.97. The fraction of sp³-hybridized carbons (Fsp3) is 0.375. The van der Waals surface area contributed by atoms with E-state index in [0.717, 1.165) is 5.56 Å². The van der Waals surface area contributed by atoms with Gasteiger partial charge in [-0.2, -0.15) is 0 Å². The summed E-state index contributed by atoms with van der Waals surface area (Å²) in [6.07, 6.45) is 1.74. The van der Waals surface area contributed by atoms with E-state index in [-0.39, 0.29) is 5.97 Å². The van der Waals surface area contributed by atoms with Crippen molar-refractivity contribution in [2.75, 3.05) is 7.11 Å². The van der Waals surface area contributed by atoms with Crippen LogP contribution in [0.1, 0.15) is 15.9 Å². The molecule has 2 aromatic heterocycles. The maximum atomic E-state index is 11.5. The molecule has 6 heteroatoms. The second-order valence-corrected chi connectivity index (χ2v) is 3.05. The molecule has 2 aromatic rings. The van der Waals surface area contributed by atoms with E-state index in [1.54, 1.807) is 22.4 Å². The Balaban J connectivity index is 2.77. The predicted molar refractivity (Wildman–Crippen MR) is 48.0 cm³/mol. The SMILES string of the molecule is COC(=O)c1c(C)cn2nnn(C)c12. The Morgan fingerprint density at radius 2 is 2.21 bits per heavy atom. The van der Waals surface area contributed by atoms with E-state index in [2.05, 4.69) is 15.2 Å². The molecule has 0 aliphatic rings. The van der Waals surface area contributed by atoms with Crippen molar-refractivity contribution in [3.8, 4) is 0 Å². The lowest BCUT2D eigenvalue weighted by atomic mass is 10.2. The maximum absolute atomic E-state index is 11.5. The molecule has 0 amide bonds. The normalized spacial score (nSPS) is 10.8. The van der Waals surface area contributed by atoms with Crippen LogP contribution < -0.4 is 0 Å². The summed E-state index contributed by atoms with van der Waals surface area (Å²) in [6, 6.07) is 0. The number of ether oxygens (including phenoxy) is 1. The second-order valence-electron chi connectivity index (χ2n) is 3.05. The zero-order valence-corrected chi connectivity index (χ0v) is 8.18. The van der Waals surface area contributed by atoms with E-state index in [1.807, 2.05) is 6.92 Å². The first-order valence-corrected chi connectivity index (χ1v) is 4.11. The molecule has 0 radical (unpaired) electrons. The number of aromatic nitrogens is 4. The molecule has 2 heterocycles. The van der Waals surface area contributed by atoms with Crippen molar-refractivity contribution in [3.05, 3.63) is 17.3 Å². The van der Waals surface area contributed by atoms with Gasteiger partial charge in [0.05, 0.1) is 7.11 Å². The van der Waals surface area contributed by atoms with Gasteiger partial charge in [-0.15, -0.1) is 0 Å². The van der Waals surface area contributed by atoms with Crippen LogP contribution in [-0.4, -0.2) is 32.7 Å². The zero-order chi connectivity index (χ0) is 10.3. The fourth-order valence-corrected chi connectivity index (χ4v) is 1.48. The minimum Gasteiger partial charge on any atom is -0.465 e. The molecule has 0 unspecified atom stereocenters. The standard InChI is InChI=1S/C8H10N4O2/c1-5-4-12-7(11(2)9-10-12)6(5)8(13)14-3/h4H,1-3H3. The second kappa shape index (κ2) is 2.83. The summed E-state index contributed by atoms with van der Waals surface area (Å²) >= 11 is 0. The highest BCUT2D eigenvalue weighted by Crippen LogP contribution is 2.16. The fourth-order valence-electron chi connectivity index (χ4n) is 1.48. The van der Waals surface area contributed by atoms with Gasteiger partial charge in [0, 0.05) is 13.2 Å². The highest BCUT2D eigenvalue weighted by atomic mass is 16.5. The Morgan fingerprint density at radius 3 is 2.86 bits per heavy atom. The van der Waals surface area contributed by atoms with Gasteiger partial charge >= 0.3 is 5.97 Å². The van der Waals surface area contributed by atoms with Gasteiger partial charge < -0.3 is 4.74 Å². The molecule has 6 nitrogen and oxygen atoms in total. The topological polar surface area (TPSA) is 61.4 Å².